The maximum atomic E-state index is 11.5. The van der Waals surface area contributed by atoms with Crippen LogP contribution in [0.4, 0.5) is 0 Å². The monoisotopic (exact) mass is 259 g/mol. The van der Waals surface area contributed by atoms with Crippen LogP contribution in [0.5, 0.6) is 0 Å². The SMILES string of the molecule is N/C(=N/O)c1cccn1-c1ccc2n[nH]c(=O)n2n1. The van der Waals surface area contributed by atoms with E-state index in [0.717, 1.165) is 4.52 Å². The molecule has 3 aromatic rings. The first kappa shape index (κ1) is 11.0. The van der Waals surface area contributed by atoms with Gasteiger partial charge in [0.1, 0.15) is 0 Å². The fourth-order valence-electron chi connectivity index (χ4n) is 1.76. The number of nitrogens with one attached hydrogen (secondary N) is 1. The van der Waals surface area contributed by atoms with Gasteiger partial charge in [-0.1, -0.05) is 5.16 Å². The van der Waals surface area contributed by atoms with Crippen LogP contribution in [0.1, 0.15) is 5.69 Å². The summed E-state index contributed by atoms with van der Waals surface area (Å²) in [6, 6.07) is 6.69. The van der Waals surface area contributed by atoms with Crippen molar-refractivity contribution in [1.82, 2.24) is 24.4 Å². The van der Waals surface area contributed by atoms with Gasteiger partial charge in [-0.15, -0.1) is 5.10 Å². The van der Waals surface area contributed by atoms with Gasteiger partial charge >= 0.3 is 5.69 Å². The molecule has 0 unspecified atom stereocenters. The summed E-state index contributed by atoms with van der Waals surface area (Å²) in [4.78, 5) is 11.5. The van der Waals surface area contributed by atoms with E-state index in [1.54, 1.807) is 35.0 Å². The lowest BCUT2D eigenvalue weighted by Crippen LogP contribution is -2.19. The molecule has 96 valence electrons. The van der Waals surface area contributed by atoms with E-state index in [2.05, 4.69) is 20.5 Å². The highest BCUT2D eigenvalue weighted by molar-refractivity contribution is 5.96. The van der Waals surface area contributed by atoms with Gasteiger partial charge in [-0.3, -0.25) is 4.57 Å². The molecule has 3 aromatic heterocycles. The summed E-state index contributed by atoms with van der Waals surface area (Å²) in [6.45, 7) is 0. The molecule has 9 heteroatoms. The normalized spacial score (nSPS) is 12.1. The van der Waals surface area contributed by atoms with Crippen molar-refractivity contribution in [3.8, 4) is 5.82 Å². The Bertz CT molecular complexity index is 826. The van der Waals surface area contributed by atoms with Crippen LogP contribution in [0.2, 0.25) is 0 Å². The van der Waals surface area contributed by atoms with E-state index in [-0.39, 0.29) is 5.84 Å². The smallest absolute Gasteiger partial charge is 0.364 e. The predicted octanol–water partition coefficient (Wildman–Crippen LogP) is -0.697. The molecule has 0 spiro atoms. The van der Waals surface area contributed by atoms with Crippen molar-refractivity contribution in [2.75, 3.05) is 0 Å². The van der Waals surface area contributed by atoms with Crippen molar-refractivity contribution in [2.45, 2.75) is 0 Å². The van der Waals surface area contributed by atoms with E-state index in [0.29, 0.717) is 17.2 Å². The number of hydrogen-bond acceptors (Lipinski definition) is 5. The molecule has 3 heterocycles. The summed E-state index contributed by atoms with van der Waals surface area (Å²) in [5.41, 5.74) is 6.00. The van der Waals surface area contributed by atoms with E-state index in [1.807, 2.05) is 0 Å². The van der Waals surface area contributed by atoms with Crippen LogP contribution >= 0.6 is 0 Å². The molecular formula is C10H9N7O2. The Morgan fingerprint density at radius 3 is 3.05 bits per heavy atom. The first-order valence-electron chi connectivity index (χ1n) is 5.31. The fourth-order valence-corrected chi connectivity index (χ4v) is 1.76. The minimum absolute atomic E-state index is 0.0496. The lowest BCUT2D eigenvalue weighted by molar-refractivity contribution is 0.318. The molecule has 0 fully saturated rings. The van der Waals surface area contributed by atoms with Gasteiger partial charge in [0.15, 0.2) is 17.3 Å². The topological polar surface area (TPSA) is 127 Å². The van der Waals surface area contributed by atoms with Crippen molar-refractivity contribution in [1.29, 1.82) is 0 Å². The number of nitrogens with zero attached hydrogens (tertiary/aromatic N) is 5. The standard InChI is InChI=1S/C10H9N7O2/c11-9(15-19)6-2-1-5-16(6)8-4-3-7-12-13-10(18)17(7)14-8/h1-5,19H,(H2,11,15)(H,13,18). The zero-order chi connectivity index (χ0) is 13.4. The molecule has 0 aliphatic carbocycles. The fraction of sp³-hybridized carbons (Fsp3) is 0. The highest BCUT2D eigenvalue weighted by atomic mass is 16.4. The summed E-state index contributed by atoms with van der Waals surface area (Å²) in [6.07, 6.45) is 1.69. The molecule has 19 heavy (non-hydrogen) atoms. The van der Waals surface area contributed by atoms with E-state index < -0.39 is 5.69 Å². The zero-order valence-electron chi connectivity index (χ0n) is 9.56. The third-order valence-electron chi connectivity index (χ3n) is 2.63. The average Bonchev–Trinajstić information content (AvgIpc) is 3.05. The number of amidine groups is 1. The maximum Gasteiger partial charge on any atom is 0.364 e. The number of rotatable bonds is 2. The molecule has 9 nitrogen and oxygen atoms in total. The Labute approximate surface area is 105 Å². The zero-order valence-corrected chi connectivity index (χ0v) is 9.56. The van der Waals surface area contributed by atoms with E-state index >= 15 is 0 Å². The maximum absolute atomic E-state index is 11.5. The number of nitrogens with two attached hydrogens (primary N) is 1. The molecule has 3 rings (SSSR count). The van der Waals surface area contributed by atoms with Gasteiger partial charge in [-0.05, 0) is 24.3 Å². The largest absolute Gasteiger partial charge is 0.409 e. The molecule has 0 bridgehead atoms. The summed E-state index contributed by atoms with van der Waals surface area (Å²) in [7, 11) is 0. The van der Waals surface area contributed by atoms with E-state index in [9.17, 15) is 4.79 Å². The second-order valence-electron chi connectivity index (χ2n) is 3.74. The predicted molar refractivity (Wildman–Crippen MR) is 65.4 cm³/mol. The average molecular weight is 259 g/mol. The molecule has 4 N–H and O–H groups in total. The second kappa shape index (κ2) is 3.98. The first-order valence-corrected chi connectivity index (χ1v) is 5.31. The molecule has 0 amide bonds. The second-order valence-corrected chi connectivity index (χ2v) is 3.74. The number of fused-ring (bicyclic) bond motifs is 1. The molecule has 0 atom stereocenters. The Morgan fingerprint density at radius 2 is 2.26 bits per heavy atom. The number of aromatic amines is 1. The van der Waals surface area contributed by atoms with Crippen LogP contribution in [0.15, 0.2) is 40.4 Å². The molecule has 0 aliphatic rings. The Hall–Kier alpha value is -3.10. The molecule has 0 saturated heterocycles. The van der Waals surface area contributed by atoms with Crippen molar-refractivity contribution in [2.24, 2.45) is 10.9 Å². The quantitative estimate of drug-likeness (QED) is 0.243. The minimum atomic E-state index is -0.436. The molecule has 0 radical (unpaired) electrons. The van der Waals surface area contributed by atoms with E-state index in [4.69, 9.17) is 10.9 Å². The number of oxime groups is 1. The van der Waals surface area contributed by atoms with Gasteiger partial charge in [0.05, 0.1) is 5.69 Å². The highest BCUT2D eigenvalue weighted by Gasteiger charge is 2.10. The Balaban J connectivity index is 2.22. The van der Waals surface area contributed by atoms with Gasteiger partial charge in [-0.2, -0.15) is 9.61 Å². The third-order valence-corrected chi connectivity index (χ3v) is 2.63. The summed E-state index contributed by atoms with van der Waals surface area (Å²) >= 11 is 0. The van der Waals surface area contributed by atoms with Crippen LogP contribution in [-0.4, -0.2) is 35.4 Å². The van der Waals surface area contributed by atoms with Gasteiger partial charge < -0.3 is 10.9 Å². The lowest BCUT2D eigenvalue weighted by atomic mass is 10.4. The van der Waals surface area contributed by atoms with Crippen molar-refractivity contribution in [3.63, 3.8) is 0 Å². The van der Waals surface area contributed by atoms with Crippen LogP contribution in [-0.2, 0) is 0 Å². The molecular weight excluding hydrogens is 250 g/mol. The lowest BCUT2D eigenvalue weighted by Gasteiger charge is -2.06. The minimum Gasteiger partial charge on any atom is -0.409 e. The van der Waals surface area contributed by atoms with Crippen LogP contribution < -0.4 is 11.4 Å². The summed E-state index contributed by atoms with van der Waals surface area (Å²) in [5, 5.41) is 21.9. The molecule has 0 aliphatic heterocycles. The Morgan fingerprint density at radius 1 is 1.42 bits per heavy atom. The van der Waals surface area contributed by atoms with E-state index in [1.165, 1.54) is 0 Å². The first-order chi connectivity index (χ1) is 9.20. The molecule has 0 saturated carbocycles. The van der Waals surface area contributed by atoms with Gasteiger partial charge in [0.25, 0.3) is 0 Å². The van der Waals surface area contributed by atoms with Gasteiger partial charge in [-0.25, -0.2) is 9.89 Å². The summed E-state index contributed by atoms with van der Waals surface area (Å²) < 4.78 is 2.72. The van der Waals surface area contributed by atoms with Crippen LogP contribution in [0.3, 0.4) is 0 Å². The molecule has 0 aromatic carbocycles. The van der Waals surface area contributed by atoms with Crippen molar-refractivity contribution in [3.05, 3.63) is 46.6 Å². The van der Waals surface area contributed by atoms with Crippen LogP contribution in [0.25, 0.3) is 11.5 Å². The third kappa shape index (κ3) is 1.64. The van der Waals surface area contributed by atoms with Gasteiger partial charge in [0.2, 0.25) is 0 Å². The number of hydrogen-bond donors (Lipinski definition) is 3. The number of aromatic nitrogens is 5. The van der Waals surface area contributed by atoms with Crippen LogP contribution in [0, 0.1) is 0 Å². The van der Waals surface area contributed by atoms with Gasteiger partial charge in [0, 0.05) is 6.20 Å². The van der Waals surface area contributed by atoms with Crippen molar-refractivity contribution < 1.29 is 5.21 Å². The van der Waals surface area contributed by atoms with Crippen molar-refractivity contribution >= 4 is 11.5 Å². The Kier molecular flexibility index (Phi) is 2.31. The number of H-pyrrole nitrogens is 1. The summed E-state index contributed by atoms with van der Waals surface area (Å²) in [5.74, 6) is 0.397. The highest BCUT2D eigenvalue weighted by Crippen LogP contribution is 2.10.